The lowest BCUT2D eigenvalue weighted by molar-refractivity contribution is 0.259. The van der Waals surface area contributed by atoms with Crippen molar-refractivity contribution in [2.24, 2.45) is 0 Å². The predicted octanol–water partition coefficient (Wildman–Crippen LogP) is 2.05. The molecule has 0 unspecified atom stereocenters. The van der Waals surface area contributed by atoms with Gasteiger partial charge in [0, 0.05) is 43.1 Å². The summed E-state index contributed by atoms with van der Waals surface area (Å²) in [6.45, 7) is 5.81. The van der Waals surface area contributed by atoms with Crippen LogP contribution >= 0.6 is 27.3 Å². The van der Waals surface area contributed by atoms with Crippen LogP contribution in [0.5, 0.6) is 0 Å². The Labute approximate surface area is 103 Å². The minimum absolute atomic E-state index is 1.11. The SMILES string of the molecule is BrCCCN1CCN(c2nccs2)CC1. The second kappa shape index (κ2) is 5.82. The van der Waals surface area contributed by atoms with E-state index in [1.165, 1.54) is 31.2 Å². The molecule has 0 aromatic carbocycles. The Morgan fingerprint density at radius 1 is 1.33 bits per heavy atom. The average molecular weight is 290 g/mol. The molecule has 1 aromatic rings. The Morgan fingerprint density at radius 3 is 2.73 bits per heavy atom. The van der Waals surface area contributed by atoms with E-state index in [1.54, 1.807) is 11.3 Å². The Kier molecular flexibility index (Phi) is 4.41. The maximum atomic E-state index is 4.35. The first kappa shape index (κ1) is 11.4. The quantitative estimate of drug-likeness (QED) is 0.791. The summed E-state index contributed by atoms with van der Waals surface area (Å²) in [6, 6.07) is 0. The van der Waals surface area contributed by atoms with E-state index >= 15 is 0 Å². The van der Waals surface area contributed by atoms with Gasteiger partial charge in [0.25, 0.3) is 0 Å². The molecule has 0 saturated carbocycles. The molecular formula is C10H16BrN3S. The summed E-state index contributed by atoms with van der Waals surface area (Å²) in [4.78, 5) is 9.26. The highest BCUT2D eigenvalue weighted by molar-refractivity contribution is 9.09. The summed E-state index contributed by atoms with van der Waals surface area (Å²) in [7, 11) is 0. The Hall–Kier alpha value is -0.130. The number of rotatable bonds is 4. The van der Waals surface area contributed by atoms with Gasteiger partial charge in [-0.3, -0.25) is 4.90 Å². The average Bonchev–Trinajstić information content (AvgIpc) is 2.80. The van der Waals surface area contributed by atoms with Crippen molar-refractivity contribution in [2.75, 3.05) is 43.0 Å². The van der Waals surface area contributed by atoms with E-state index in [2.05, 4.69) is 30.7 Å². The van der Waals surface area contributed by atoms with Crippen LogP contribution in [0.1, 0.15) is 6.42 Å². The molecule has 1 fully saturated rings. The number of piperazine rings is 1. The predicted molar refractivity (Wildman–Crippen MR) is 69.2 cm³/mol. The molecule has 1 aromatic heterocycles. The fraction of sp³-hybridized carbons (Fsp3) is 0.700. The number of alkyl halides is 1. The topological polar surface area (TPSA) is 19.4 Å². The highest BCUT2D eigenvalue weighted by Crippen LogP contribution is 2.18. The van der Waals surface area contributed by atoms with Crippen molar-refractivity contribution in [1.29, 1.82) is 0 Å². The minimum Gasteiger partial charge on any atom is -0.346 e. The van der Waals surface area contributed by atoms with Gasteiger partial charge in [0.2, 0.25) is 0 Å². The van der Waals surface area contributed by atoms with E-state index in [4.69, 9.17) is 0 Å². The van der Waals surface area contributed by atoms with Crippen molar-refractivity contribution in [2.45, 2.75) is 6.42 Å². The fourth-order valence-electron chi connectivity index (χ4n) is 1.82. The van der Waals surface area contributed by atoms with Crippen LogP contribution in [0.2, 0.25) is 0 Å². The lowest BCUT2D eigenvalue weighted by atomic mass is 10.3. The first-order chi connectivity index (χ1) is 7.40. The molecule has 0 atom stereocenters. The number of anilines is 1. The van der Waals surface area contributed by atoms with Crippen LogP contribution in [-0.2, 0) is 0 Å². The standard InChI is InChI=1S/C10H16BrN3S/c11-2-1-4-13-5-7-14(8-6-13)10-12-3-9-15-10/h3,9H,1-2,4-8H2. The van der Waals surface area contributed by atoms with Gasteiger partial charge < -0.3 is 4.90 Å². The summed E-state index contributed by atoms with van der Waals surface area (Å²) >= 11 is 5.21. The largest absolute Gasteiger partial charge is 0.346 e. The highest BCUT2D eigenvalue weighted by Gasteiger charge is 2.17. The van der Waals surface area contributed by atoms with Gasteiger partial charge in [-0.15, -0.1) is 11.3 Å². The zero-order valence-electron chi connectivity index (χ0n) is 8.73. The van der Waals surface area contributed by atoms with E-state index < -0.39 is 0 Å². The lowest BCUT2D eigenvalue weighted by Crippen LogP contribution is -2.46. The maximum Gasteiger partial charge on any atom is 0.185 e. The van der Waals surface area contributed by atoms with Crippen molar-refractivity contribution >= 4 is 32.4 Å². The molecule has 15 heavy (non-hydrogen) atoms. The third-order valence-corrected chi connectivity index (χ3v) is 4.06. The molecule has 3 nitrogen and oxygen atoms in total. The van der Waals surface area contributed by atoms with Gasteiger partial charge in [0.15, 0.2) is 5.13 Å². The lowest BCUT2D eigenvalue weighted by Gasteiger charge is -2.34. The van der Waals surface area contributed by atoms with E-state index in [0.29, 0.717) is 0 Å². The molecule has 0 radical (unpaired) electrons. The van der Waals surface area contributed by atoms with Gasteiger partial charge in [-0.05, 0) is 13.0 Å². The second-order valence-corrected chi connectivity index (χ2v) is 5.35. The zero-order chi connectivity index (χ0) is 10.5. The van der Waals surface area contributed by atoms with Crippen molar-refractivity contribution in [3.05, 3.63) is 11.6 Å². The van der Waals surface area contributed by atoms with E-state index in [9.17, 15) is 0 Å². The Morgan fingerprint density at radius 2 is 2.13 bits per heavy atom. The van der Waals surface area contributed by atoms with Gasteiger partial charge in [0.1, 0.15) is 0 Å². The van der Waals surface area contributed by atoms with Crippen molar-refractivity contribution < 1.29 is 0 Å². The third-order valence-electron chi connectivity index (χ3n) is 2.67. The molecule has 84 valence electrons. The van der Waals surface area contributed by atoms with Crippen LogP contribution < -0.4 is 4.90 Å². The Balaban J connectivity index is 1.77. The summed E-state index contributed by atoms with van der Waals surface area (Å²) in [5.74, 6) is 0. The van der Waals surface area contributed by atoms with Crippen LogP contribution in [0.3, 0.4) is 0 Å². The minimum atomic E-state index is 1.11. The first-order valence-corrected chi connectivity index (χ1v) is 7.33. The van der Waals surface area contributed by atoms with Crippen molar-refractivity contribution in [3.63, 3.8) is 0 Å². The maximum absolute atomic E-state index is 4.35. The van der Waals surface area contributed by atoms with Crippen LogP contribution in [0, 0.1) is 0 Å². The number of hydrogen-bond acceptors (Lipinski definition) is 4. The molecule has 1 aliphatic heterocycles. The molecular weight excluding hydrogens is 274 g/mol. The van der Waals surface area contributed by atoms with E-state index in [0.717, 1.165) is 18.4 Å². The summed E-state index contributed by atoms with van der Waals surface area (Å²) < 4.78 is 0. The van der Waals surface area contributed by atoms with Crippen LogP contribution in [0.4, 0.5) is 5.13 Å². The fourth-order valence-corrected chi connectivity index (χ4v) is 2.77. The third kappa shape index (κ3) is 3.16. The smallest absolute Gasteiger partial charge is 0.185 e. The second-order valence-electron chi connectivity index (χ2n) is 3.69. The molecule has 2 heterocycles. The molecule has 0 aliphatic carbocycles. The van der Waals surface area contributed by atoms with Gasteiger partial charge in [-0.1, -0.05) is 15.9 Å². The zero-order valence-corrected chi connectivity index (χ0v) is 11.1. The molecule has 0 N–H and O–H groups in total. The summed E-state index contributed by atoms with van der Waals surface area (Å²) in [5, 5.41) is 4.34. The number of nitrogens with zero attached hydrogens (tertiary/aromatic N) is 3. The van der Waals surface area contributed by atoms with Gasteiger partial charge in [0.05, 0.1) is 0 Å². The van der Waals surface area contributed by atoms with Crippen molar-refractivity contribution in [1.82, 2.24) is 9.88 Å². The van der Waals surface area contributed by atoms with Gasteiger partial charge in [-0.2, -0.15) is 0 Å². The molecule has 0 amide bonds. The first-order valence-electron chi connectivity index (χ1n) is 5.33. The number of hydrogen-bond donors (Lipinski definition) is 0. The monoisotopic (exact) mass is 289 g/mol. The van der Waals surface area contributed by atoms with E-state index in [1.807, 2.05) is 11.6 Å². The molecule has 5 heteroatoms. The van der Waals surface area contributed by atoms with E-state index in [-0.39, 0.29) is 0 Å². The van der Waals surface area contributed by atoms with Crippen LogP contribution in [0.15, 0.2) is 11.6 Å². The highest BCUT2D eigenvalue weighted by atomic mass is 79.9. The number of thiazole rings is 1. The molecule has 2 rings (SSSR count). The van der Waals surface area contributed by atoms with Crippen molar-refractivity contribution in [3.8, 4) is 0 Å². The molecule has 0 bridgehead atoms. The Bertz CT molecular complexity index is 270. The molecule has 0 spiro atoms. The number of halogens is 1. The summed E-state index contributed by atoms with van der Waals surface area (Å²) in [6.07, 6.45) is 3.13. The van der Waals surface area contributed by atoms with Gasteiger partial charge >= 0.3 is 0 Å². The van der Waals surface area contributed by atoms with Crippen LogP contribution in [0.25, 0.3) is 0 Å². The normalized spacial score (nSPS) is 18.3. The molecule has 1 saturated heterocycles. The number of aromatic nitrogens is 1. The summed E-state index contributed by atoms with van der Waals surface area (Å²) in [5.41, 5.74) is 0. The van der Waals surface area contributed by atoms with Crippen LogP contribution in [-0.4, -0.2) is 47.9 Å². The van der Waals surface area contributed by atoms with Gasteiger partial charge in [-0.25, -0.2) is 4.98 Å². The molecule has 1 aliphatic rings.